The Balaban J connectivity index is 2.00. The number of rotatable bonds is 4. The fraction of sp³-hybridized carbons (Fsp3) is 0.538. The van der Waals surface area contributed by atoms with Gasteiger partial charge in [0.1, 0.15) is 4.88 Å². The first-order valence-corrected chi connectivity index (χ1v) is 7.43. The van der Waals surface area contributed by atoms with Gasteiger partial charge in [-0.15, -0.1) is 11.3 Å². The number of nitrogens with zero attached hydrogens (tertiary/aromatic N) is 1. The van der Waals surface area contributed by atoms with Gasteiger partial charge in [-0.2, -0.15) is 0 Å². The Morgan fingerprint density at radius 1 is 1.45 bits per heavy atom. The minimum Gasteiger partial charge on any atom is -0.465 e. The van der Waals surface area contributed by atoms with Crippen LogP contribution in [0, 0.1) is 0 Å². The zero-order valence-corrected chi connectivity index (χ0v) is 12.5. The molecule has 1 aliphatic rings. The number of thiophene rings is 1. The summed E-state index contributed by atoms with van der Waals surface area (Å²) < 4.78 is 4.70. The van der Waals surface area contributed by atoms with Crippen molar-refractivity contribution in [2.45, 2.75) is 13.0 Å². The monoisotopic (exact) mass is 297 g/mol. The Hall–Kier alpha value is -1.44. The third kappa shape index (κ3) is 3.36. The molecule has 0 saturated carbocycles. The summed E-state index contributed by atoms with van der Waals surface area (Å²) in [5.41, 5.74) is 0.522. The number of piperazine rings is 1. The molecule has 2 heterocycles. The highest BCUT2D eigenvalue weighted by Crippen LogP contribution is 2.23. The number of esters is 1. The van der Waals surface area contributed by atoms with Crippen LogP contribution in [0.4, 0.5) is 5.69 Å². The van der Waals surface area contributed by atoms with Crippen molar-refractivity contribution in [3.8, 4) is 0 Å². The van der Waals surface area contributed by atoms with E-state index in [1.165, 1.54) is 18.4 Å². The van der Waals surface area contributed by atoms with Crippen LogP contribution in [0.25, 0.3) is 0 Å². The van der Waals surface area contributed by atoms with E-state index in [-0.39, 0.29) is 11.9 Å². The van der Waals surface area contributed by atoms with Crippen molar-refractivity contribution in [1.29, 1.82) is 0 Å². The molecule has 1 amide bonds. The molecule has 1 fully saturated rings. The summed E-state index contributed by atoms with van der Waals surface area (Å²) in [6, 6.07) is 1.50. The van der Waals surface area contributed by atoms with Gasteiger partial charge in [0.05, 0.1) is 18.8 Å². The SMILES string of the molecule is COC(=O)c1sccc1NC(=O)C(C)N1CCNCC1. The summed E-state index contributed by atoms with van der Waals surface area (Å²) in [6.45, 7) is 5.36. The molecule has 2 N–H and O–H groups in total. The Morgan fingerprint density at radius 3 is 2.80 bits per heavy atom. The van der Waals surface area contributed by atoms with Gasteiger partial charge in [-0.1, -0.05) is 0 Å². The molecule has 2 rings (SSSR count). The van der Waals surface area contributed by atoms with Gasteiger partial charge in [0, 0.05) is 26.2 Å². The highest BCUT2D eigenvalue weighted by Gasteiger charge is 2.24. The van der Waals surface area contributed by atoms with Crippen molar-refractivity contribution in [2.24, 2.45) is 0 Å². The van der Waals surface area contributed by atoms with Crippen LogP contribution in [0.15, 0.2) is 11.4 Å². The molecule has 6 nitrogen and oxygen atoms in total. The van der Waals surface area contributed by atoms with Crippen LogP contribution < -0.4 is 10.6 Å². The summed E-state index contributed by atoms with van der Waals surface area (Å²) in [4.78, 5) is 26.4. The first-order valence-electron chi connectivity index (χ1n) is 6.55. The highest BCUT2D eigenvalue weighted by molar-refractivity contribution is 7.12. The van der Waals surface area contributed by atoms with Crippen molar-refractivity contribution in [3.63, 3.8) is 0 Å². The second kappa shape index (κ2) is 6.83. The van der Waals surface area contributed by atoms with Crippen molar-refractivity contribution in [3.05, 3.63) is 16.3 Å². The maximum Gasteiger partial charge on any atom is 0.350 e. The largest absolute Gasteiger partial charge is 0.465 e. The summed E-state index contributed by atoms with van der Waals surface area (Å²) in [5, 5.41) is 7.83. The van der Waals surface area contributed by atoms with E-state index < -0.39 is 5.97 Å². The number of hydrogen-bond acceptors (Lipinski definition) is 6. The second-order valence-electron chi connectivity index (χ2n) is 4.61. The normalized spacial score (nSPS) is 17.5. The maximum absolute atomic E-state index is 12.3. The van der Waals surface area contributed by atoms with Gasteiger partial charge >= 0.3 is 5.97 Å². The van der Waals surface area contributed by atoms with E-state index in [0.717, 1.165) is 26.2 Å². The molecule has 1 aromatic rings. The highest BCUT2D eigenvalue weighted by atomic mass is 32.1. The molecule has 0 aromatic carbocycles. The Bertz CT molecular complexity index is 483. The van der Waals surface area contributed by atoms with Crippen molar-refractivity contribution >= 4 is 28.9 Å². The predicted octanol–water partition coefficient (Wildman–Crippen LogP) is 0.767. The van der Waals surface area contributed by atoms with Crippen LogP contribution in [0.3, 0.4) is 0 Å². The number of amides is 1. The Morgan fingerprint density at radius 2 is 2.15 bits per heavy atom. The average molecular weight is 297 g/mol. The van der Waals surface area contributed by atoms with Crippen LogP contribution in [-0.4, -0.2) is 56.1 Å². The first-order chi connectivity index (χ1) is 9.63. The van der Waals surface area contributed by atoms with Gasteiger partial charge < -0.3 is 15.4 Å². The minimum atomic E-state index is -0.426. The van der Waals surface area contributed by atoms with Crippen LogP contribution in [0.5, 0.6) is 0 Å². The molecule has 0 bridgehead atoms. The standard InChI is InChI=1S/C13H19N3O3S/c1-9(16-6-4-14-5-7-16)12(17)15-10-3-8-20-11(10)13(18)19-2/h3,8-9,14H,4-7H2,1-2H3,(H,15,17). The van der Waals surface area contributed by atoms with Crippen LogP contribution >= 0.6 is 11.3 Å². The fourth-order valence-electron chi connectivity index (χ4n) is 2.13. The van der Waals surface area contributed by atoms with E-state index in [2.05, 4.69) is 15.5 Å². The van der Waals surface area contributed by atoms with E-state index >= 15 is 0 Å². The molecule has 1 atom stereocenters. The molecule has 0 radical (unpaired) electrons. The van der Waals surface area contributed by atoms with E-state index in [9.17, 15) is 9.59 Å². The topological polar surface area (TPSA) is 70.7 Å². The van der Waals surface area contributed by atoms with E-state index in [1.807, 2.05) is 6.92 Å². The van der Waals surface area contributed by atoms with Crippen molar-refractivity contribution in [2.75, 3.05) is 38.6 Å². The molecule has 1 saturated heterocycles. The van der Waals surface area contributed by atoms with Crippen LogP contribution in [0.1, 0.15) is 16.6 Å². The number of carbonyl (C=O) groups is 2. The van der Waals surface area contributed by atoms with Crippen LogP contribution in [-0.2, 0) is 9.53 Å². The van der Waals surface area contributed by atoms with Gasteiger partial charge in [-0.05, 0) is 18.4 Å². The lowest BCUT2D eigenvalue weighted by molar-refractivity contribution is -0.120. The van der Waals surface area contributed by atoms with Crippen molar-refractivity contribution < 1.29 is 14.3 Å². The molecule has 110 valence electrons. The molecule has 0 aliphatic carbocycles. The van der Waals surface area contributed by atoms with Gasteiger partial charge in [0.2, 0.25) is 5.91 Å². The zero-order valence-electron chi connectivity index (χ0n) is 11.6. The summed E-state index contributed by atoms with van der Waals surface area (Å²) >= 11 is 1.26. The van der Waals surface area contributed by atoms with Gasteiger partial charge in [0.15, 0.2) is 0 Å². The zero-order chi connectivity index (χ0) is 14.5. The van der Waals surface area contributed by atoms with Gasteiger partial charge in [0.25, 0.3) is 0 Å². The summed E-state index contributed by atoms with van der Waals surface area (Å²) in [7, 11) is 1.33. The predicted molar refractivity (Wildman–Crippen MR) is 78.2 cm³/mol. The Labute approximate surface area is 122 Å². The third-order valence-electron chi connectivity index (χ3n) is 3.37. The lowest BCUT2D eigenvalue weighted by atomic mass is 10.2. The second-order valence-corrected chi connectivity index (χ2v) is 5.52. The smallest absolute Gasteiger partial charge is 0.350 e. The number of anilines is 1. The molecule has 20 heavy (non-hydrogen) atoms. The quantitative estimate of drug-likeness (QED) is 0.803. The summed E-state index contributed by atoms with van der Waals surface area (Å²) in [6.07, 6.45) is 0. The molecule has 1 aliphatic heterocycles. The van der Waals surface area contributed by atoms with Crippen molar-refractivity contribution in [1.82, 2.24) is 10.2 Å². The summed E-state index contributed by atoms with van der Waals surface area (Å²) in [5.74, 6) is -0.527. The molecular formula is C13H19N3O3S. The number of ether oxygens (including phenoxy) is 1. The number of methoxy groups -OCH3 is 1. The van der Waals surface area contributed by atoms with Gasteiger partial charge in [-0.25, -0.2) is 4.79 Å². The van der Waals surface area contributed by atoms with E-state index in [0.29, 0.717) is 10.6 Å². The molecule has 0 spiro atoms. The average Bonchev–Trinajstić information content (AvgIpc) is 2.94. The first kappa shape index (κ1) is 15.0. The number of hydrogen-bond donors (Lipinski definition) is 2. The minimum absolute atomic E-state index is 0.101. The number of carbonyl (C=O) groups excluding carboxylic acids is 2. The number of nitrogens with one attached hydrogen (secondary N) is 2. The fourth-order valence-corrected chi connectivity index (χ4v) is 2.90. The lowest BCUT2D eigenvalue weighted by Crippen LogP contribution is -2.51. The van der Waals surface area contributed by atoms with E-state index in [4.69, 9.17) is 4.74 Å². The van der Waals surface area contributed by atoms with Gasteiger partial charge in [-0.3, -0.25) is 9.69 Å². The molecular weight excluding hydrogens is 278 g/mol. The lowest BCUT2D eigenvalue weighted by Gasteiger charge is -2.31. The van der Waals surface area contributed by atoms with Crippen LogP contribution in [0.2, 0.25) is 0 Å². The molecule has 1 aromatic heterocycles. The molecule has 1 unspecified atom stereocenters. The van der Waals surface area contributed by atoms with E-state index in [1.54, 1.807) is 11.4 Å². The third-order valence-corrected chi connectivity index (χ3v) is 4.27. The Kier molecular flexibility index (Phi) is 5.11. The molecule has 7 heteroatoms. The maximum atomic E-state index is 12.3.